The minimum atomic E-state index is 0. The van der Waals surface area contributed by atoms with Crippen LogP contribution in [0.5, 0.6) is 0 Å². The average Bonchev–Trinajstić information content (AvgIpc) is 2.07. The molecule has 12 heavy (non-hydrogen) atoms. The van der Waals surface area contributed by atoms with E-state index in [1.807, 2.05) is 12.1 Å². The molecule has 0 saturated heterocycles. The molecule has 0 bridgehead atoms. The highest BCUT2D eigenvalue weighted by Gasteiger charge is 1.83. The van der Waals surface area contributed by atoms with Gasteiger partial charge in [-0.25, -0.2) is 0 Å². The van der Waals surface area contributed by atoms with Gasteiger partial charge in [0.2, 0.25) is 0 Å². The van der Waals surface area contributed by atoms with Crippen LogP contribution in [0.3, 0.4) is 0 Å². The van der Waals surface area contributed by atoms with Crippen molar-refractivity contribution >= 4 is 0 Å². The number of hydrogen-bond donors (Lipinski definition) is 0. The Morgan fingerprint density at radius 3 is 2.42 bits per heavy atom. The van der Waals surface area contributed by atoms with Gasteiger partial charge in [0.1, 0.15) is 0 Å². The Balaban J connectivity index is 0.00000121. The number of rotatable bonds is 3. The first-order valence-corrected chi connectivity index (χ1v) is 3.75. The molecular weight excluding hydrogens is 148 g/mol. The Labute approximate surface area is 73.4 Å². The lowest BCUT2D eigenvalue weighted by Crippen LogP contribution is -1.77. The zero-order valence-electron chi connectivity index (χ0n) is 7.03. The van der Waals surface area contributed by atoms with E-state index in [1.165, 1.54) is 5.56 Å². The van der Waals surface area contributed by atoms with E-state index in [9.17, 15) is 0 Å². The Kier molecular flexibility index (Phi) is 5.66. The van der Waals surface area contributed by atoms with Crippen LogP contribution in [-0.4, -0.2) is 5.48 Å². The third-order valence-corrected chi connectivity index (χ3v) is 1.47. The summed E-state index contributed by atoms with van der Waals surface area (Å²) in [5, 5.41) is 0. The van der Waals surface area contributed by atoms with Gasteiger partial charge in [-0.15, -0.1) is 0 Å². The second-order valence-corrected chi connectivity index (χ2v) is 2.35. The van der Waals surface area contributed by atoms with Gasteiger partial charge in [0.25, 0.3) is 0 Å². The van der Waals surface area contributed by atoms with E-state index < -0.39 is 0 Å². The first-order chi connectivity index (χ1) is 5.43. The molecule has 0 aliphatic carbocycles. The minimum Gasteiger partial charge on any atom is -0.412 e. The van der Waals surface area contributed by atoms with Gasteiger partial charge in [-0.3, -0.25) is 0 Å². The van der Waals surface area contributed by atoms with Crippen LogP contribution in [0.4, 0.5) is 0 Å². The highest BCUT2D eigenvalue weighted by Crippen LogP contribution is 1.99. The van der Waals surface area contributed by atoms with Crippen LogP contribution >= 0.6 is 0 Å². The maximum atomic E-state index is 3.61. The summed E-state index contributed by atoms with van der Waals surface area (Å²) >= 11 is 0. The van der Waals surface area contributed by atoms with Crippen LogP contribution in [-0.2, 0) is 6.42 Å². The van der Waals surface area contributed by atoms with Gasteiger partial charge in [0, 0.05) is 0 Å². The van der Waals surface area contributed by atoms with E-state index in [4.69, 9.17) is 0 Å². The first kappa shape index (κ1) is 10.7. The van der Waals surface area contributed by atoms with Crippen LogP contribution in [0.15, 0.2) is 55.1 Å². The molecule has 1 heteroatoms. The fourth-order valence-corrected chi connectivity index (χ4v) is 0.914. The van der Waals surface area contributed by atoms with Crippen LogP contribution in [0.2, 0.25) is 0 Å². The molecule has 0 amide bonds. The van der Waals surface area contributed by atoms with Crippen molar-refractivity contribution in [1.82, 2.24) is 0 Å². The fraction of sp³-hybridized carbons (Fsp3) is 0.0909. The van der Waals surface area contributed by atoms with Crippen LogP contribution in [0.1, 0.15) is 5.56 Å². The van der Waals surface area contributed by atoms with Gasteiger partial charge in [0.05, 0.1) is 0 Å². The molecule has 0 aliphatic heterocycles. The molecule has 64 valence electrons. The minimum absolute atomic E-state index is 0. The average molecular weight is 162 g/mol. The largest absolute Gasteiger partial charge is 0.412 e. The first-order valence-electron chi connectivity index (χ1n) is 3.75. The van der Waals surface area contributed by atoms with Gasteiger partial charge < -0.3 is 5.48 Å². The molecule has 0 fully saturated rings. The Morgan fingerprint density at radius 1 is 1.17 bits per heavy atom. The highest BCUT2D eigenvalue weighted by atomic mass is 16.0. The molecule has 0 aliphatic rings. The molecule has 0 unspecified atom stereocenters. The molecule has 1 aromatic carbocycles. The molecule has 0 spiro atoms. The predicted molar refractivity (Wildman–Crippen MR) is 53.1 cm³/mol. The Morgan fingerprint density at radius 2 is 1.83 bits per heavy atom. The lowest BCUT2D eigenvalue weighted by atomic mass is 10.1. The molecule has 1 rings (SSSR count). The molecule has 0 atom stereocenters. The van der Waals surface area contributed by atoms with Crippen LogP contribution in [0, 0.1) is 0 Å². The van der Waals surface area contributed by atoms with Crippen molar-refractivity contribution in [2.24, 2.45) is 0 Å². The third kappa shape index (κ3) is 3.74. The fourth-order valence-electron chi connectivity index (χ4n) is 0.914. The molecule has 1 nitrogen and oxygen atoms in total. The topological polar surface area (TPSA) is 31.5 Å². The summed E-state index contributed by atoms with van der Waals surface area (Å²) in [4.78, 5) is 0. The van der Waals surface area contributed by atoms with Crippen molar-refractivity contribution in [1.29, 1.82) is 0 Å². The molecule has 0 aromatic heterocycles. The molecular formula is C11H14O. The molecule has 0 heterocycles. The van der Waals surface area contributed by atoms with Gasteiger partial charge >= 0.3 is 0 Å². The van der Waals surface area contributed by atoms with Crippen molar-refractivity contribution in [3.8, 4) is 0 Å². The van der Waals surface area contributed by atoms with Crippen LogP contribution in [0.25, 0.3) is 0 Å². The van der Waals surface area contributed by atoms with E-state index in [-0.39, 0.29) is 5.48 Å². The standard InChI is InChI=1S/C11H12.H2O/c1-2-3-5-8-11-9-6-4-7-10-11;/h2-7,9-10H,1,8H2;1H2. The number of hydrogen-bond acceptors (Lipinski definition) is 0. The van der Waals surface area contributed by atoms with E-state index in [2.05, 4.69) is 36.9 Å². The van der Waals surface area contributed by atoms with Crippen molar-refractivity contribution in [3.05, 3.63) is 60.7 Å². The second kappa shape index (κ2) is 6.38. The van der Waals surface area contributed by atoms with Crippen molar-refractivity contribution in [2.45, 2.75) is 6.42 Å². The second-order valence-electron chi connectivity index (χ2n) is 2.35. The molecule has 2 N–H and O–H groups in total. The van der Waals surface area contributed by atoms with E-state index in [0.717, 1.165) is 6.42 Å². The SMILES string of the molecule is C=CC=CCc1ccccc1.O. The summed E-state index contributed by atoms with van der Waals surface area (Å²) in [6.45, 7) is 3.61. The number of allylic oxidation sites excluding steroid dienone is 3. The summed E-state index contributed by atoms with van der Waals surface area (Å²) in [5.41, 5.74) is 1.34. The lowest BCUT2D eigenvalue weighted by Gasteiger charge is -1.92. The number of benzene rings is 1. The summed E-state index contributed by atoms with van der Waals surface area (Å²) < 4.78 is 0. The summed E-state index contributed by atoms with van der Waals surface area (Å²) in [5.74, 6) is 0. The van der Waals surface area contributed by atoms with Crippen molar-refractivity contribution in [3.63, 3.8) is 0 Å². The van der Waals surface area contributed by atoms with E-state index >= 15 is 0 Å². The van der Waals surface area contributed by atoms with Gasteiger partial charge in [-0.1, -0.05) is 55.1 Å². The predicted octanol–water partition coefficient (Wildman–Crippen LogP) is 2.15. The quantitative estimate of drug-likeness (QED) is 0.610. The zero-order valence-corrected chi connectivity index (χ0v) is 7.03. The zero-order chi connectivity index (χ0) is 7.94. The molecule has 0 radical (unpaired) electrons. The summed E-state index contributed by atoms with van der Waals surface area (Å²) in [7, 11) is 0. The molecule has 0 saturated carbocycles. The van der Waals surface area contributed by atoms with Gasteiger partial charge in [-0.05, 0) is 12.0 Å². The van der Waals surface area contributed by atoms with E-state index in [0.29, 0.717) is 0 Å². The highest BCUT2D eigenvalue weighted by molar-refractivity contribution is 5.18. The van der Waals surface area contributed by atoms with Crippen molar-refractivity contribution < 1.29 is 5.48 Å². The monoisotopic (exact) mass is 162 g/mol. The maximum absolute atomic E-state index is 3.61. The summed E-state index contributed by atoms with van der Waals surface area (Å²) in [6.07, 6.45) is 6.85. The van der Waals surface area contributed by atoms with Crippen LogP contribution < -0.4 is 0 Å². The van der Waals surface area contributed by atoms with Gasteiger partial charge in [-0.2, -0.15) is 0 Å². The Hall–Kier alpha value is -1.34. The normalized spacial score (nSPS) is 9.33. The lowest BCUT2D eigenvalue weighted by molar-refractivity contribution is 0.824. The smallest absolute Gasteiger partial charge is 0.00943 e. The summed E-state index contributed by atoms with van der Waals surface area (Å²) in [6, 6.07) is 10.4. The molecule has 1 aromatic rings. The van der Waals surface area contributed by atoms with Gasteiger partial charge in [0.15, 0.2) is 0 Å². The maximum Gasteiger partial charge on any atom is -0.00943 e. The van der Waals surface area contributed by atoms with E-state index in [1.54, 1.807) is 6.08 Å². The third-order valence-electron chi connectivity index (χ3n) is 1.47. The Bertz CT molecular complexity index is 236. The van der Waals surface area contributed by atoms with Crippen molar-refractivity contribution in [2.75, 3.05) is 0 Å².